The van der Waals surface area contributed by atoms with Crippen LogP contribution in [0.4, 0.5) is 0 Å². The molecule has 5 nitrogen and oxygen atoms in total. The fourth-order valence-corrected chi connectivity index (χ4v) is 4.01. The molecule has 0 aliphatic carbocycles. The van der Waals surface area contributed by atoms with E-state index >= 15 is 0 Å². The Morgan fingerprint density at radius 1 is 1.03 bits per heavy atom. The molecule has 5 heteroatoms. The maximum absolute atomic E-state index is 11.3. The molecule has 0 fully saturated rings. The highest BCUT2D eigenvalue weighted by molar-refractivity contribution is 5.46. The van der Waals surface area contributed by atoms with E-state index in [1.165, 1.54) is 0 Å². The van der Waals surface area contributed by atoms with E-state index in [0.717, 1.165) is 42.2 Å². The molecule has 0 atom stereocenters. The van der Waals surface area contributed by atoms with Crippen molar-refractivity contribution in [2.45, 2.75) is 58.2 Å². The topological polar surface area (TPSA) is 55.1 Å². The van der Waals surface area contributed by atoms with Gasteiger partial charge in [0.15, 0.2) is 11.5 Å². The van der Waals surface area contributed by atoms with Gasteiger partial charge in [-0.3, -0.25) is 4.90 Å². The van der Waals surface area contributed by atoms with Gasteiger partial charge in [-0.1, -0.05) is 38.1 Å². The predicted octanol–water partition coefficient (Wildman–Crippen LogP) is 6.08. The number of methoxy groups -OCH3 is 2. The van der Waals surface area contributed by atoms with Crippen molar-refractivity contribution < 1.29 is 19.0 Å². The van der Waals surface area contributed by atoms with Crippen LogP contribution in [0.2, 0.25) is 0 Å². The van der Waals surface area contributed by atoms with Gasteiger partial charge in [-0.05, 0) is 49.8 Å². The fourth-order valence-electron chi connectivity index (χ4n) is 4.01. The number of furan rings is 1. The monoisotopic (exact) mass is 441 g/mol. The first-order valence-corrected chi connectivity index (χ1v) is 11.3. The molecule has 0 bridgehead atoms. The molecule has 0 spiro atoms. The van der Waals surface area contributed by atoms with Crippen LogP contribution in [-0.2, 0) is 18.7 Å². The van der Waals surface area contributed by atoms with E-state index in [4.69, 9.17) is 13.9 Å². The van der Waals surface area contributed by atoms with E-state index < -0.39 is 5.60 Å². The summed E-state index contributed by atoms with van der Waals surface area (Å²) in [4.78, 5) is 2.33. The summed E-state index contributed by atoms with van der Waals surface area (Å²) < 4.78 is 17.3. The normalized spacial score (nSPS) is 11.7. The maximum atomic E-state index is 11.3. The van der Waals surface area contributed by atoms with E-state index in [1.54, 1.807) is 14.2 Å². The molecule has 0 radical (unpaired) electrons. The molecule has 2 aromatic rings. The lowest BCUT2D eigenvalue weighted by Gasteiger charge is -2.26. The van der Waals surface area contributed by atoms with Gasteiger partial charge in [0.1, 0.15) is 17.1 Å². The maximum Gasteiger partial charge on any atom is 0.165 e. The smallest absolute Gasteiger partial charge is 0.165 e. The second-order valence-electron chi connectivity index (χ2n) is 8.67. The highest BCUT2D eigenvalue weighted by atomic mass is 16.5. The second-order valence-corrected chi connectivity index (χ2v) is 8.67. The Labute approximate surface area is 193 Å². The Morgan fingerprint density at radius 3 is 2.28 bits per heavy atom. The van der Waals surface area contributed by atoms with Crippen LogP contribution in [0, 0.1) is 5.92 Å². The van der Waals surface area contributed by atoms with E-state index in [0.29, 0.717) is 37.6 Å². The first kappa shape index (κ1) is 25.8. The van der Waals surface area contributed by atoms with Gasteiger partial charge in [-0.25, -0.2) is 0 Å². The number of allylic oxidation sites excluding steroid dienone is 2. The van der Waals surface area contributed by atoms with Crippen LogP contribution < -0.4 is 9.47 Å². The van der Waals surface area contributed by atoms with Gasteiger partial charge in [0.25, 0.3) is 0 Å². The molecule has 32 heavy (non-hydrogen) atoms. The minimum Gasteiger partial charge on any atom is -0.493 e. The lowest BCUT2D eigenvalue weighted by atomic mass is 9.89. The Kier molecular flexibility index (Phi) is 10.1. The Balaban J connectivity index is 2.24. The third-order valence-corrected chi connectivity index (χ3v) is 5.53. The van der Waals surface area contributed by atoms with Crippen molar-refractivity contribution >= 4 is 0 Å². The molecular formula is C27H39NO4. The van der Waals surface area contributed by atoms with Crippen LogP contribution in [0.25, 0.3) is 0 Å². The summed E-state index contributed by atoms with van der Waals surface area (Å²) in [5.74, 6) is 3.41. The summed E-state index contributed by atoms with van der Waals surface area (Å²) >= 11 is 0. The van der Waals surface area contributed by atoms with Gasteiger partial charge in [0, 0.05) is 18.7 Å². The van der Waals surface area contributed by atoms with Crippen LogP contribution in [0.3, 0.4) is 0 Å². The lowest BCUT2D eigenvalue weighted by Crippen LogP contribution is -2.27. The third-order valence-electron chi connectivity index (χ3n) is 5.53. The predicted molar refractivity (Wildman–Crippen MR) is 130 cm³/mol. The van der Waals surface area contributed by atoms with Crippen molar-refractivity contribution in [3.8, 4) is 11.5 Å². The zero-order valence-electron chi connectivity index (χ0n) is 20.1. The molecule has 0 aliphatic heterocycles. The van der Waals surface area contributed by atoms with Crippen LogP contribution >= 0.6 is 0 Å². The van der Waals surface area contributed by atoms with Gasteiger partial charge in [-0.15, -0.1) is 13.2 Å². The highest BCUT2D eigenvalue weighted by Crippen LogP contribution is 2.34. The van der Waals surface area contributed by atoms with Crippen molar-refractivity contribution in [1.29, 1.82) is 0 Å². The number of hydrogen-bond donors (Lipinski definition) is 1. The summed E-state index contributed by atoms with van der Waals surface area (Å²) in [6, 6.07) is 9.82. The summed E-state index contributed by atoms with van der Waals surface area (Å²) in [6.07, 6.45) is 6.25. The zero-order valence-corrected chi connectivity index (χ0v) is 20.1. The summed E-state index contributed by atoms with van der Waals surface area (Å²) in [5, 5.41) is 11.3. The second kappa shape index (κ2) is 12.5. The number of para-hydroxylation sites is 1. The molecule has 0 saturated carbocycles. The molecule has 0 saturated heterocycles. The molecular weight excluding hydrogens is 402 g/mol. The van der Waals surface area contributed by atoms with Crippen LogP contribution in [0.1, 0.15) is 56.6 Å². The highest BCUT2D eigenvalue weighted by Gasteiger charge is 2.31. The van der Waals surface area contributed by atoms with E-state index in [-0.39, 0.29) is 0 Å². The number of benzene rings is 1. The molecule has 1 heterocycles. The quantitative estimate of drug-likeness (QED) is 0.340. The summed E-state index contributed by atoms with van der Waals surface area (Å²) in [5.41, 5.74) is 0.0484. The number of ether oxygens (including phenoxy) is 2. The number of rotatable bonds is 15. The van der Waals surface area contributed by atoms with Crippen molar-refractivity contribution in [2.75, 3.05) is 20.8 Å². The van der Waals surface area contributed by atoms with E-state index in [1.807, 2.05) is 36.4 Å². The SMILES string of the molecule is C=CCCC(O)(CCC=C)c1ccc(CN(Cc2cccc(OC)c2OC)CC(C)C)o1. The van der Waals surface area contributed by atoms with Crippen molar-refractivity contribution in [2.24, 2.45) is 5.92 Å². The van der Waals surface area contributed by atoms with Gasteiger partial charge in [0.2, 0.25) is 0 Å². The average molecular weight is 442 g/mol. The first-order valence-electron chi connectivity index (χ1n) is 11.3. The van der Waals surface area contributed by atoms with Gasteiger partial charge in [-0.2, -0.15) is 0 Å². The first-order chi connectivity index (χ1) is 15.4. The number of nitrogens with zero attached hydrogens (tertiary/aromatic N) is 1. The van der Waals surface area contributed by atoms with Crippen molar-refractivity contribution in [1.82, 2.24) is 4.90 Å². The van der Waals surface area contributed by atoms with Crippen molar-refractivity contribution in [3.05, 3.63) is 72.7 Å². The lowest BCUT2D eigenvalue weighted by molar-refractivity contribution is -0.00221. The van der Waals surface area contributed by atoms with Gasteiger partial charge < -0.3 is 19.0 Å². The molecule has 0 amide bonds. The minimum atomic E-state index is -1.01. The summed E-state index contributed by atoms with van der Waals surface area (Å²) in [7, 11) is 3.32. The number of hydrogen-bond acceptors (Lipinski definition) is 5. The van der Waals surface area contributed by atoms with Gasteiger partial charge >= 0.3 is 0 Å². The molecule has 1 aromatic heterocycles. The largest absolute Gasteiger partial charge is 0.493 e. The molecule has 0 unspecified atom stereocenters. The van der Waals surface area contributed by atoms with Crippen LogP contribution in [-0.4, -0.2) is 30.8 Å². The standard InChI is InChI=1S/C27H39NO4/c1-7-9-16-27(29,17-10-8-2)25-15-14-23(32-25)20-28(18-21(3)4)19-22-12-11-13-24(30-5)26(22)31-6/h7-8,11-15,21,29H,1-2,9-10,16-20H2,3-6H3. The minimum absolute atomic E-state index is 0.484. The van der Waals surface area contributed by atoms with E-state index in [9.17, 15) is 5.11 Å². The Hall–Kier alpha value is -2.50. The van der Waals surface area contributed by atoms with Crippen LogP contribution in [0.5, 0.6) is 11.5 Å². The Morgan fingerprint density at radius 2 is 1.72 bits per heavy atom. The molecule has 1 aromatic carbocycles. The van der Waals surface area contributed by atoms with E-state index in [2.05, 4.69) is 38.0 Å². The number of aliphatic hydroxyl groups is 1. The molecule has 0 aliphatic rings. The zero-order chi connectivity index (χ0) is 23.6. The van der Waals surface area contributed by atoms with Gasteiger partial charge in [0.05, 0.1) is 20.8 Å². The third kappa shape index (κ3) is 7.01. The average Bonchev–Trinajstić information content (AvgIpc) is 3.24. The molecule has 2 rings (SSSR count). The summed E-state index contributed by atoms with van der Waals surface area (Å²) in [6.45, 7) is 14.2. The van der Waals surface area contributed by atoms with Crippen molar-refractivity contribution in [3.63, 3.8) is 0 Å². The molecule has 1 N–H and O–H groups in total. The van der Waals surface area contributed by atoms with Crippen LogP contribution in [0.15, 0.2) is 60.1 Å². The Bertz CT molecular complexity index is 843. The fraction of sp³-hybridized carbons (Fsp3) is 0.481. The molecule has 176 valence electrons.